The second-order valence-electron chi connectivity index (χ2n) is 6.37. The summed E-state index contributed by atoms with van der Waals surface area (Å²) in [7, 11) is 0. The van der Waals surface area contributed by atoms with Crippen molar-refractivity contribution in [2.45, 2.75) is 50.0 Å². The fourth-order valence-electron chi connectivity index (χ4n) is 2.52. The van der Waals surface area contributed by atoms with Crippen molar-refractivity contribution in [3.8, 4) is 0 Å². The van der Waals surface area contributed by atoms with Crippen molar-refractivity contribution in [2.24, 2.45) is 5.92 Å². The molecule has 1 aromatic heterocycles. The van der Waals surface area contributed by atoms with Gasteiger partial charge in [-0.25, -0.2) is 9.78 Å². The molecule has 1 amide bonds. The second-order valence-corrected chi connectivity index (χ2v) is 8.57. The lowest BCUT2D eigenvalue weighted by Crippen LogP contribution is -2.44. The van der Waals surface area contributed by atoms with Crippen molar-refractivity contribution in [1.29, 1.82) is 0 Å². The molecule has 134 valence electrons. The number of nitrogens with zero attached hydrogens (tertiary/aromatic N) is 2. The van der Waals surface area contributed by atoms with Crippen molar-refractivity contribution < 1.29 is 14.7 Å². The van der Waals surface area contributed by atoms with Crippen LogP contribution in [-0.4, -0.2) is 57.8 Å². The predicted octanol–water partition coefficient (Wildman–Crippen LogP) is 2.56. The van der Waals surface area contributed by atoms with Crippen LogP contribution in [-0.2, 0) is 4.79 Å². The maximum Gasteiger partial charge on any atom is 0.355 e. The zero-order chi connectivity index (χ0) is 17.7. The van der Waals surface area contributed by atoms with Crippen LogP contribution in [0.1, 0.15) is 44.1 Å². The number of carbonyl (C=O) groups excluding carboxylic acids is 1. The number of hydrogen-bond donors (Lipinski definition) is 2. The van der Waals surface area contributed by atoms with E-state index in [0.29, 0.717) is 24.9 Å². The quantitative estimate of drug-likeness (QED) is 0.649. The molecule has 24 heavy (non-hydrogen) atoms. The summed E-state index contributed by atoms with van der Waals surface area (Å²) < 4.78 is 0.738. The van der Waals surface area contributed by atoms with Gasteiger partial charge < -0.3 is 15.3 Å². The Morgan fingerprint density at radius 3 is 2.92 bits per heavy atom. The van der Waals surface area contributed by atoms with Crippen molar-refractivity contribution in [3.05, 3.63) is 11.1 Å². The highest BCUT2D eigenvalue weighted by molar-refractivity contribution is 8.01. The van der Waals surface area contributed by atoms with Crippen LogP contribution in [0.2, 0.25) is 0 Å². The van der Waals surface area contributed by atoms with E-state index in [0.717, 1.165) is 23.1 Å². The minimum atomic E-state index is -1.00. The molecule has 0 aromatic carbocycles. The lowest BCUT2D eigenvalue weighted by atomic mass is 10.1. The molecular weight excluding hydrogens is 346 g/mol. The number of aromatic carboxylic acids is 1. The molecule has 1 fully saturated rings. The van der Waals surface area contributed by atoms with Crippen LogP contribution < -0.4 is 5.32 Å². The highest BCUT2D eigenvalue weighted by atomic mass is 32.2. The summed E-state index contributed by atoms with van der Waals surface area (Å²) in [6.07, 6.45) is 1.52. The number of aromatic nitrogens is 1. The highest BCUT2D eigenvalue weighted by Gasteiger charge is 2.30. The van der Waals surface area contributed by atoms with E-state index in [1.807, 2.05) is 4.90 Å². The summed E-state index contributed by atoms with van der Waals surface area (Å²) in [6, 6.07) is 0.687. The number of thiazole rings is 1. The third-order valence-corrected chi connectivity index (χ3v) is 6.39. The van der Waals surface area contributed by atoms with E-state index in [-0.39, 0.29) is 17.6 Å². The van der Waals surface area contributed by atoms with Crippen LogP contribution in [0.15, 0.2) is 9.72 Å². The van der Waals surface area contributed by atoms with Crippen LogP contribution in [0.4, 0.5) is 0 Å². The number of nitrogens with one attached hydrogen (secondary N) is 1. The van der Waals surface area contributed by atoms with Gasteiger partial charge in [-0.15, -0.1) is 11.3 Å². The molecule has 0 bridgehead atoms. The smallest absolute Gasteiger partial charge is 0.355 e. The number of likely N-dealkylation sites (tertiary alicyclic amines) is 1. The lowest BCUT2D eigenvalue weighted by Gasteiger charge is -2.27. The standard InChI is InChI=1S/C16H25N3O3S2/c1-10(2)11(3)17-8-12-4-5-14(20)19(12)6-7-23-16-18-13(9-24-16)15(21)22/h9-12,17H,4-8H2,1-3H3,(H,21,22)/t11?,12-/m1/s1. The monoisotopic (exact) mass is 371 g/mol. The average Bonchev–Trinajstić information content (AvgIpc) is 3.13. The van der Waals surface area contributed by atoms with Crippen molar-refractivity contribution >= 4 is 35.0 Å². The van der Waals surface area contributed by atoms with E-state index in [1.54, 1.807) is 5.38 Å². The van der Waals surface area contributed by atoms with Crippen molar-refractivity contribution in [3.63, 3.8) is 0 Å². The molecule has 0 saturated carbocycles. The van der Waals surface area contributed by atoms with Gasteiger partial charge >= 0.3 is 5.97 Å². The zero-order valence-electron chi connectivity index (χ0n) is 14.3. The van der Waals surface area contributed by atoms with E-state index in [9.17, 15) is 9.59 Å². The molecule has 8 heteroatoms. The number of amides is 1. The normalized spacial score (nSPS) is 19.2. The molecular formula is C16H25N3O3S2. The van der Waals surface area contributed by atoms with Crippen LogP contribution in [0.25, 0.3) is 0 Å². The summed E-state index contributed by atoms with van der Waals surface area (Å²) in [5.74, 6) is 0.511. The molecule has 1 saturated heterocycles. The molecule has 2 atom stereocenters. The number of hydrogen-bond acceptors (Lipinski definition) is 6. The summed E-state index contributed by atoms with van der Waals surface area (Å²) in [4.78, 5) is 28.9. The molecule has 0 aliphatic carbocycles. The molecule has 2 rings (SSSR count). The van der Waals surface area contributed by atoms with E-state index in [1.165, 1.54) is 23.1 Å². The van der Waals surface area contributed by atoms with Crippen LogP contribution in [0.5, 0.6) is 0 Å². The van der Waals surface area contributed by atoms with E-state index in [4.69, 9.17) is 5.11 Å². The summed E-state index contributed by atoms with van der Waals surface area (Å²) in [6.45, 7) is 8.05. The predicted molar refractivity (Wildman–Crippen MR) is 96.8 cm³/mol. The van der Waals surface area contributed by atoms with Gasteiger partial charge in [-0.05, 0) is 19.3 Å². The molecule has 6 nitrogen and oxygen atoms in total. The fourth-order valence-corrected chi connectivity index (χ4v) is 4.33. The lowest BCUT2D eigenvalue weighted by molar-refractivity contribution is -0.128. The molecule has 1 unspecified atom stereocenters. The van der Waals surface area contributed by atoms with Crippen molar-refractivity contribution in [2.75, 3.05) is 18.8 Å². The van der Waals surface area contributed by atoms with Gasteiger partial charge in [0, 0.05) is 42.7 Å². The maximum atomic E-state index is 12.1. The van der Waals surface area contributed by atoms with Crippen LogP contribution in [0.3, 0.4) is 0 Å². The molecule has 0 radical (unpaired) electrons. The van der Waals surface area contributed by atoms with E-state index < -0.39 is 5.97 Å². The number of thioether (sulfide) groups is 1. The van der Waals surface area contributed by atoms with Crippen LogP contribution in [0, 0.1) is 5.92 Å². The second kappa shape index (κ2) is 8.82. The first-order valence-electron chi connectivity index (χ1n) is 8.23. The number of carboxylic acids is 1. The Kier molecular flexibility index (Phi) is 7.06. The Hall–Kier alpha value is -1.12. The third-order valence-electron chi connectivity index (χ3n) is 4.39. The number of carboxylic acid groups (broad SMARTS) is 1. The summed E-state index contributed by atoms with van der Waals surface area (Å²) in [5, 5.41) is 14.0. The molecule has 2 N–H and O–H groups in total. The third kappa shape index (κ3) is 5.19. The SMILES string of the molecule is CC(C)C(C)NC[C@H]1CCC(=O)N1CCSc1nc(C(=O)O)cs1. The topological polar surface area (TPSA) is 82.5 Å². The van der Waals surface area contributed by atoms with E-state index in [2.05, 4.69) is 31.1 Å². The van der Waals surface area contributed by atoms with Gasteiger partial charge in [0.1, 0.15) is 0 Å². The van der Waals surface area contributed by atoms with Gasteiger partial charge in [-0.1, -0.05) is 25.6 Å². The molecule has 2 heterocycles. The van der Waals surface area contributed by atoms with Gasteiger partial charge in [0.15, 0.2) is 10.0 Å². The first kappa shape index (κ1) is 19.2. The fraction of sp³-hybridized carbons (Fsp3) is 0.688. The zero-order valence-corrected chi connectivity index (χ0v) is 16.0. The average molecular weight is 372 g/mol. The first-order valence-corrected chi connectivity index (χ1v) is 10.1. The maximum absolute atomic E-state index is 12.1. The molecule has 0 spiro atoms. The number of rotatable bonds is 9. The Morgan fingerprint density at radius 2 is 2.29 bits per heavy atom. The van der Waals surface area contributed by atoms with Gasteiger partial charge in [-0.2, -0.15) is 0 Å². The molecule has 1 aliphatic heterocycles. The summed E-state index contributed by atoms with van der Waals surface area (Å²) >= 11 is 2.84. The van der Waals surface area contributed by atoms with Crippen molar-refractivity contribution in [1.82, 2.24) is 15.2 Å². The largest absolute Gasteiger partial charge is 0.476 e. The van der Waals surface area contributed by atoms with Gasteiger partial charge in [0.25, 0.3) is 0 Å². The Bertz CT molecular complexity index is 577. The van der Waals surface area contributed by atoms with Gasteiger partial charge in [-0.3, -0.25) is 4.79 Å². The van der Waals surface area contributed by atoms with Gasteiger partial charge in [0.2, 0.25) is 5.91 Å². The molecule has 1 aromatic rings. The minimum Gasteiger partial charge on any atom is -0.476 e. The summed E-state index contributed by atoms with van der Waals surface area (Å²) in [5.41, 5.74) is 0.0875. The Balaban J connectivity index is 1.80. The minimum absolute atomic E-state index is 0.0875. The number of carbonyl (C=O) groups is 2. The first-order chi connectivity index (χ1) is 11.4. The Morgan fingerprint density at radius 1 is 1.54 bits per heavy atom. The van der Waals surface area contributed by atoms with Gasteiger partial charge in [0.05, 0.1) is 0 Å². The van der Waals surface area contributed by atoms with Crippen LogP contribution >= 0.6 is 23.1 Å². The highest BCUT2D eigenvalue weighted by Crippen LogP contribution is 2.25. The van der Waals surface area contributed by atoms with E-state index >= 15 is 0 Å². The Labute approximate surface area is 151 Å². The molecule has 1 aliphatic rings.